The fourth-order valence-corrected chi connectivity index (χ4v) is 2.38. The van der Waals surface area contributed by atoms with Crippen molar-refractivity contribution in [1.82, 2.24) is 0 Å². The molecule has 3 nitrogen and oxygen atoms in total. The average molecular weight is 248 g/mol. The molecule has 0 bridgehead atoms. The number of carbonyl (C=O) groups excluding carboxylic acids is 1. The van der Waals surface area contributed by atoms with E-state index in [1.54, 1.807) is 0 Å². The largest absolute Gasteiger partial charge is 0.433 e. The average Bonchev–Trinajstić information content (AvgIpc) is 2.24. The van der Waals surface area contributed by atoms with Crippen LogP contribution in [0.15, 0.2) is 30.3 Å². The number of aryl methyl sites for hydroxylation is 1. The van der Waals surface area contributed by atoms with Crippen LogP contribution in [0.3, 0.4) is 0 Å². The monoisotopic (exact) mass is 248 g/mol. The standard InChI is InChI=1S/C15H20O3/c1-14(2)11-13(16)17-15(3,18-14)10-9-12-7-5-4-6-8-12/h4-8H,9-11H2,1-3H3. The number of rotatable bonds is 3. The second kappa shape index (κ2) is 4.73. The Bertz CT molecular complexity index is 425. The van der Waals surface area contributed by atoms with Crippen LogP contribution in [0.2, 0.25) is 0 Å². The lowest BCUT2D eigenvalue weighted by Gasteiger charge is -2.42. The zero-order chi connectivity index (χ0) is 13.2. The van der Waals surface area contributed by atoms with Gasteiger partial charge in [0.05, 0.1) is 12.0 Å². The molecule has 0 N–H and O–H groups in total. The summed E-state index contributed by atoms with van der Waals surface area (Å²) in [6.45, 7) is 5.69. The summed E-state index contributed by atoms with van der Waals surface area (Å²) < 4.78 is 11.3. The first-order chi connectivity index (χ1) is 8.39. The lowest BCUT2D eigenvalue weighted by atomic mass is 9.99. The molecule has 18 heavy (non-hydrogen) atoms. The fourth-order valence-electron chi connectivity index (χ4n) is 2.38. The van der Waals surface area contributed by atoms with Gasteiger partial charge in [-0.1, -0.05) is 30.3 Å². The van der Waals surface area contributed by atoms with Gasteiger partial charge >= 0.3 is 5.97 Å². The number of hydrogen-bond donors (Lipinski definition) is 0. The Hall–Kier alpha value is -1.35. The Morgan fingerprint density at radius 1 is 1.17 bits per heavy atom. The van der Waals surface area contributed by atoms with Gasteiger partial charge in [0.1, 0.15) is 0 Å². The Balaban J connectivity index is 2.01. The molecule has 1 aromatic rings. The Morgan fingerprint density at radius 2 is 1.83 bits per heavy atom. The zero-order valence-electron chi connectivity index (χ0n) is 11.2. The van der Waals surface area contributed by atoms with Crippen LogP contribution in [-0.4, -0.2) is 17.4 Å². The highest BCUT2D eigenvalue weighted by Gasteiger charge is 2.42. The molecule has 1 aromatic carbocycles. The molecule has 0 spiro atoms. The minimum Gasteiger partial charge on any atom is -0.433 e. The molecule has 1 aliphatic heterocycles. The van der Waals surface area contributed by atoms with Crippen molar-refractivity contribution in [1.29, 1.82) is 0 Å². The van der Waals surface area contributed by atoms with Crippen LogP contribution in [0.1, 0.15) is 39.2 Å². The molecule has 1 saturated heterocycles. The number of hydrogen-bond acceptors (Lipinski definition) is 3. The van der Waals surface area contributed by atoms with E-state index in [0.717, 1.165) is 6.42 Å². The topological polar surface area (TPSA) is 35.5 Å². The van der Waals surface area contributed by atoms with Crippen molar-refractivity contribution < 1.29 is 14.3 Å². The molecule has 1 heterocycles. The highest BCUT2D eigenvalue weighted by Crippen LogP contribution is 2.33. The summed E-state index contributed by atoms with van der Waals surface area (Å²) in [4.78, 5) is 11.6. The molecule has 1 aliphatic rings. The first kappa shape index (κ1) is 13.1. The van der Waals surface area contributed by atoms with Crippen molar-refractivity contribution in [2.24, 2.45) is 0 Å². The van der Waals surface area contributed by atoms with E-state index in [1.807, 2.05) is 39.0 Å². The van der Waals surface area contributed by atoms with E-state index >= 15 is 0 Å². The Kier molecular flexibility index (Phi) is 3.44. The first-order valence-corrected chi connectivity index (χ1v) is 6.35. The van der Waals surface area contributed by atoms with Gasteiger partial charge in [-0.2, -0.15) is 0 Å². The van der Waals surface area contributed by atoms with Crippen molar-refractivity contribution >= 4 is 5.97 Å². The minimum atomic E-state index is -0.811. The molecule has 0 saturated carbocycles. The lowest BCUT2D eigenvalue weighted by Crippen LogP contribution is -2.49. The number of carbonyl (C=O) groups is 1. The second-order valence-corrected chi connectivity index (χ2v) is 5.63. The number of ether oxygens (including phenoxy) is 2. The van der Waals surface area contributed by atoms with Crippen LogP contribution in [-0.2, 0) is 20.7 Å². The maximum Gasteiger partial charge on any atom is 0.311 e. The Morgan fingerprint density at radius 3 is 2.44 bits per heavy atom. The van der Waals surface area contributed by atoms with Gasteiger partial charge in [0, 0.05) is 13.3 Å². The molecule has 0 radical (unpaired) electrons. The van der Waals surface area contributed by atoms with Crippen molar-refractivity contribution in [3.05, 3.63) is 35.9 Å². The van der Waals surface area contributed by atoms with Crippen LogP contribution in [0, 0.1) is 0 Å². The number of esters is 1. The SMILES string of the molecule is CC1(C)CC(=O)OC(C)(CCc2ccccc2)O1. The molecule has 1 unspecified atom stereocenters. The molecule has 98 valence electrons. The third-order valence-electron chi connectivity index (χ3n) is 3.10. The highest BCUT2D eigenvalue weighted by molar-refractivity contribution is 5.71. The molecule has 0 aromatic heterocycles. The summed E-state index contributed by atoms with van der Waals surface area (Å²) in [6.07, 6.45) is 1.82. The van der Waals surface area contributed by atoms with Gasteiger partial charge in [-0.25, -0.2) is 0 Å². The van der Waals surface area contributed by atoms with Crippen molar-refractivity contribution in [3.8, 4) is 0 Å². The summed E-state index contributed by atoms with van der Waals surface area (Å²) in [5, 5.41) is 0. The van der Waals surface area contributed by atoms with Crippen LogP contribution in [0.25, 0.3) is 0 Å². The molecule has 0 amide bonds. The smallest absolute Gasteiger partial charge is 0.311 e. The quantitative estimate of drug-likeness (QED) is 0.771. The van der Waals surface area contributed by atoms with Gasteiger partial charge in [-0.05, 0) is 25.8 Å². The molecule has 1 fully saturated rings. The second-order valence-electron chi connectivity index (χ2n) is 5.63. The van der Waals surface area contributed by atoms with Gasteiger partial charge in [0.25, 0.3) is 0 Å². The maximum atomic E-state index is 11.6. The van der Waals surface area contributed by atoms with Crippen molar-refractivity contribution in [2.75, 3.05) is 0 Å². The number of cyclic esters (lactones) is 1. The highest BCUT2D eigenvalue weighted by atomic mass is 16.7. The molecule has 2 rings (SSSR count). The number of benzene rings is 1. The third-order valence-corrected chi connectivity index (χ3v) is 3.10. The van der Waals surface area contributed by atoms with E-state index in [9.17, 15) is 4.79 Å². The van der Waals surface area contributed by atoms with Gasteiger partial charge < -0.3 is 9.47 Å². The van der Waals surface area contributed by atoms with Crippen molar-refractivity contribution in [3.63, 3.8) is 0 Å². The molecular formula is C15H20O3. The van der Waals surface area contributed by atoms with Crippen LogP contribution >= 0.6 is 0 Å². The third kappa shape index (κ3) is 3.33. The Labute approximate surface area is 108 Å². The normalized spacial score (nSPS) is 26.7. The predicted molar refractivity (Wildman–Crippen MR) is 69.0 cm³/mol. The first-order valence-electron chi connectivity index (χ1n) is 6.35. The van der Waals surface area contributed by atoms with E-state index in [4.69, 9.17) is 9.47 Å². The summed E-state index contributed by atoms with van der Waals surface area (Å²) in [5.74, 6) is -0.990. The van der Waals surface area contributed by atoms with Gasteiger partial charge in [-0.3, -0.25) is 4.79 Å². The zero-order valence-corrected chi connectivity index (χ0v) is 11.2. The van der Waals surface area contributed by atoms with E-state index in [-0.39, 0.29) is 5.97 Å². The predicted octanol–water partition coefficient (Wildman–Crippen LogP) is 3.08. The van der Waals surface area contributed by atoms with Crippen LogP contribution in [0.4, 0.5) is 0 Å². The van der Waals surface area contributed by atoms with Gasteiger partial charge in [0.15, 0.2) is 0 Å². The summed E-state index contributed by atoms with van der Waals surface area (Å²) in [6, 6.07) is 10.1. The van der Waals surface area contributed by atoms with Crippen molar-refractivity contribution in [2.45, 2.75) is 51.4 Å². The molecule has 3 heteroatoms. The summed E-state index contributed by atoms with van der Waals surface area (Å²) in [5.41, 5.74) is 0.780. The lowest BCUT2D eigenvalue weighted by molar-refractivity contribution is -0.290. The van der Waals surface area contributed by atoms with E-state index < -0.39 is 11.4 Å². The van der Waals surface area contributed by atoms with E-state index in [2.05, 4.69) is 12.1 Å². The minimum absolute atomic E-state index is 0.179. The molecular weight excluding hydrogens is 228 g/mol. The fraction of sp³-hybridized carbons (Fsp3) is 0.533. The van der Waals surface area contributed by atoms with Crippen LogP contribution < -0.4 is 0 Å². The van der Waals surface area contributed by atoms with Gasteiger partial charge in [-0.15, -0.1) is 0 Å². The van der Waals surface area contributed by atoms with Crippen LogP contribution in [0.5, 0.6) is 0 Å². The maximum absolute atomic E-state index is 11.6. The van der Waals surface area contributed by atoms with E-state index in [1.165, 1.54) is 5.56 Å². The molecule has 0 aliphatic carbocycles. The van der Waals surface area contributed by atoms with Gasteiger partial charge in [0.2, 0.25) is 5.79 Å². The summed E-state index contributed by atoms with van der Waals surface area (Å²) in [7, 11) is 0. The molecule has 1 atom stereocenters. The summed E-state index contributed by atoms with van der Waals surface area (Å²) >= 11 is 0. The van der Waals surface area contributed by atoms with E-state index in [0.29, 0.717) is 12.8 Å².